The number of likely N-dealkylation sites (N-methyl/N-ethyl adjacent to an activating group) is 1. The zero-order chi connectivity index (χ0) is 13.8. The van der Waals surface area contributed by atoms with Gasteiger partial charge >= 0.3 is 0 Å². The van der Waals surface area contributed by atoms with Gasteiger partial charge in [-0.2, -0.15) is 0 Å². The molecule has 0 unspecified atom stereocenters. The van der Waals surface area contributed by atoms with Gasteiger partial charge in [-0.25, -0.2) is 4.98 Å². The van der Waals surface area contributed by atoms with Crippen LogP contribution in [0, 0.1) is 0 Å². The molecular formula is C13H16N4O2. The van der Waals surface area contributed by atoms with Crippen LogP contribution in [0.1, 0.15) is 5.69 Å². The van der Waals surface area contributed by atoms with E-state index in [-0.39, 0.29) is 12.3 Å². The Morgan fingerprint density at radius 2 is 2.11 bits per heavy atom. The van der Waals surface area contributed by atoms with Crippen LogP contribution in [0.2, 0.25) is 0 Å². The van der Waals surface area contributed by atoms with Crippen molar-refractivity contribution in [3.63, 3.8) is 0 Å². The van der Waals surface area contributed by atoms with Crippen molar-refractivity contribution < 1.29 is 9.32 Å². The number of hydrogen-bond acceptors (Lipinski definition) is 5. The van der Waals surface area contributed by atoms with E-state index in [2.05, 4.69) is 10.1 Å². The summed E-state index contributed by atoms with van der Waals surface area (Å²) in [6, 6.07) is 5.35. The molecule has 0 saturated heterocycles. The van der Waals surface area contributed by atoms with Crippen molar-refractivity contribution in [1.82, 2.24) is 10.1 Å². The highest BCUT2D eigenvalue weighted by Gasteiger charge is 2.17. The van der Waals surface area contributed by atoms with Crippen LogP contribution in [0.25, 0.3) is 0 Å². The molecule has 0 aromatic carbocycles. The highest BCUT2D eigenvalue weighted by atomic mass is 16.5. The van der Waals surface area contributed by atoms with E-state index < -0.39 is 0 Å². The normalized spacial score (nSPS) is 10.3. The maximum atomic E-state index is 12.2. The first kappa shape index (κ1) is 13.1. The molecule has 0 aliphatic heterocycles. The van der Waals surface area contributed by atoms with E-state index in [0.717, 1.165) is 11.5 Å². The average molecular weight is 260 g/mol. The molecule has 0 N–H and O–H groups in total. The molecule has 0 aliphatic carbocycles. The van der Waals surface area contributed by atoms with E-state index in [0.29, 0.717) is 5.69 Å². The van der Waals surface area contributed by atoms with Crippen LogP contribution in [-0.2, 0) is 11.2 Å². The largest absolute Gasteiger partial charge is 0.364 e. The van der Waals surface area contributed by atoms with E-state index in [1.54, 1.807) is 24.2 Å². The first-order valence-electron chi connectivity index (χ1n) is 5.87. The standard InChI is InChI=1S/C13H16N4O2/c1-16(2)13-11(5-4-7-14-13)17(3)12(18)9-10-6-8-19-15-10/h4-8H,9H2,1-3H3. The molecule has 0 spiro atoms. The molecule has 100 valence electrons. The summed E-state index contributed by atoms with van der Waals surface area (Å²) in [6.45, 7) is 0. The Morgan fingerprint density at radius 1 is 1.32 bits per heavy atom. The van der Waals surface area contributed by atoms with E-state index in [4.69, 9.17) is 4.52 Å². The number of carbonyl (C=O) groups excluding carboxylic acids is 1. The predicted molar refractivity (Wildman–Crippen MR) is 72.2 cm³/mol. The van der Waals surface area contributed by atoms with Gasteiger partial charge in [-0.3, -0.25) is 4.79 Å². The highest BCUT2D eigenvalue weighted by Crippen LogP contribution is 2.24. The van der Waals surface area contributed by atoms with E-state index in [1.807, 2.05) is 31.1 Å². The third-order valence-electron chi connectivity index (χ3n) is 2.75. The number of hydrogen-bond donors (Lipinski definition) is 0. The highest BCUT2D eigenvalue weighted by molar-refractivity contribution is 5.96. The molecule has 0 aliphatic rings. The van der Waals surface area contributed by atoms with Crippen LogP contribution in [0.15, 0.2) is 35.2 Å². The fourth-order valence-corrected chi connectivity index (χ4v) is 1.73. The average Bonchev–Trinajstić information content (AvgIpc) is 2.90. The van der Waals surface area contributed by atoms with Crippen molar-refractivity contribution >= 4 is 17.4 Å². The van der Waals surface area contributed by atoms with Crippen molar-refractivity contribution in [2.24, 2.45) is 0 Å². The lowest BCUT2D eigenvalue weighted by Crippen LogP contribution is -2.30. The molecule has 0 atom stereocenters. The second-order valence-electron chi connectivity index (χ2n) is 4.36. The summed E-state index contributed by atoms with van der Waals surface area (Å²) >= 11 is 0. The smallest absolute Gasteiger partial charge is 0.232 e. The molecule has 2 aromatic heterocycles. The molecule has 0 radical (unpaired) electrons. The molecule has 6 heteroatoms. The molecule has 0 fully saturated rings. The Morgan fingerprint density at radius 3 is 2.74 bits per heavy atom. The number of nitrogens with zero attached hydrogens (tertiary/aromatic N) is 4. The van der Waals surface area contributed by atoms with Gasteiger partial charge in [-0.1, -0.05) is 5.16 Å². The van der Waals surface area contributed by atoms with Crippen LogP contribution in [0.3, 0.4) is 0 Å². The first-order chi connectivity index (χ1) is 9.09. The van der Waals surface area contributed by atoms with Crippen molar-refractivity contribution in [2.75, 3.05) is 30.9 Å². The van der Waals surface area contributed by atoms with Crippen molar-refractivity contribution in [3.05, 3.63) is 36.4 Å². The Hall–Kier alpha value is -2.37. The van der Waals surface area contributed by atoms with Gasteiger partial charge < -0.3 is 14.3 Å². The molecule has 6 nitrogen and oxygen atoms in total. The van der Waals surface area contributed by atoms with Gasteiger partial charge in [0.1, 0.15) is 6.26 Å². The molecule has 19 heavy (non-hydrogen) atoms. The second kappa shape index (κ2) is 5.51. The topological polar surface area (TPSA) is 62.5 Å². The van der Waals surface area contributed by atoms with Crippen molar-refractivity contribution in [2.45, 2.75) is 6.42 Å². The molecule has 2 heterocycles. The fraction of sp³-hybridized carbons (Fsp3) is 0.308. The minimum atomic E-state index is -0.0648. The molecule has 2 rings (SSSR count). The summed E-state index contributed by atoms with van der Waals surface area (Å²) < 4.78 is 4.72. The predicted octanol–water partition coefficient (Wildman–Crippen LogP) is 1.34. The fourth-order valence-electron chi connectivity index (χ4n) is 1.73. The number of rotatable bonds is 4. The number of carbonyl (C=O) groups is 1. The molecule has 1 amide bonds. The van der Waals surface area contributed by atoms with Crippen LogP contribution in [0.4, 0.5) is 11.5 Å². The Labute approximate surface area is 111 Å². The monoisotopic (exact) mass is 260 g/mol. The maximum Gasteiger partial charge on any atom is 0.232 e. The maximum absolute atomic E-state index is 12.2. The van der Waals surface area contributed by atoms with Gasteiger partial charge in [-0.05, 0) is 12.1 Å². The minimum absolute atomic E-state index is 0.0648. The lowest BCUT2D eigenvalue weighted by atomic mass is 10.2. The third-order valence-corrected chi connectivity index (χ3v) is 2.75. The lowest BCUT2D eigenvalue weighted by Gasteiger charge is -2.22. The summed E-state index contributed by atoms with van der Waals surface area (Å²) in [7, 11) is 5.51. The van der Waals surface area contributed by atoms with Gasteiger partial charge in [0.25, 0.3) is 0 Å². The molecular weight excluding hydrogens is 244 g/mol. The zero-order valence-corrected chi connectivity index (χ0v) is 11.2. The number of anilines is 2. The SMILES string of the molecule is CN(C)c1ncccc1N(C)C(=O)Cc1ccon1. The van der Waals surface area contributed by atoms with Gasteiger partial charge in [0.2, 0.25) is 5.91 Å². The summed E-state index contributed by atoms with van der Waals surface area (Å²) in [5, 5.41) is 3.74. The van der Waals surface area contributed by atoms with Crippen LogP contribution in [-0.4, -0.2) is 37.2 Å². The second-order valence-corrected chi connectivity index (χ2v) is 4.36. The zero-order valence-electron chi connectivity index (χ0n) is 11.2. The first-order valence-corrected chi connectivity index (χ1v) is 5.87. The summed E-state index contributed by atoms with van der Waals surface area (Å²) in [4.78, 5) is 19.9. The van der Waals surface area contributed by atoms with E-state index in [1.165, 1.54) is 6.26 Å². The number of amides is 1. The van der Waals surface area contributed by atoms with E-state index >= 15 is 0 Å². The summed E-state index contributed by atoms with van der Waals surface area (Å²) in [6.07, 6.45) is 3.36. The molecule has 2 aromatic rings. The van der Waals surface area contributed by atoms with Gasteiger partial charge in [-0.15, -0.1) is 0 Å². The van der Waals surface area contributed by atoms with Crippen LogP contribution < -0.4 is 9.80 Å². The lowest BCUT2D eigenvalue weighted by molar-refractivity contribution is -0.117. The van der Waals surface area contributed by atoms with Gasteiger partial charge in [0.15, 0.2) is 5.82 Å². The number of pyridine rings is 1. The molecule has 0 bridgehead atoms. The number of aromatic nitrogens is 2. The van der Waals surface area contributed by atoms with Crippen molar-refractivity contribution in [1.29, 1.82) is 0 Å². The van der Waals surface area contributed by atoms with E-state index in [9.17, 15) is 4.79 Å². The Bertz CT molecular complexity index is 552. The quantitative estimate of drug-likeness (QED) is 0.830. The summed E-state index contributed by atoms with van der Waals surface area (Å²) in [5.41, 5.74) is 1.38. The Balaban J connectivity index is 2.19. The van der Waals surface area contributed by atoms with Crippen LogP contribution >= 0.6 is 0 Å². The van der Waals surface area contributed by atoms with Gasteiger partial charge in [0.05, 0.1) is 17.8 Å². The van der Waals surface area contributed by atoms with Crippen molar-refractivity contribution in [3.8, 4) is 0 Å². The van der Waals surface area contributed by atoms with Gasteiger partial charge in [0, 0.05) is 33.4 Å². The Kier molecular flexibility index (Phi) is 3.79. The summed E-state index contributed by atoms with van der Waals surface area (Å²) in [5.74, 6) is 0.684. The van der Waals surface area contributed by atoms with Crippen LogP contribution in [0.5, 0.6) is 0 Å². The third kappa shape index (κ3) is 2.90. The minimum Gasteiger partial charge on any atom is -0.364 e. The molecule has 0 saturated carbocycles.